The molecule has 1 aliphatic carbocycles. The predicted octanol–water partition coefficient (Wildman–Crippen LogP) is 1.75. The summed E-state index contributed by atoms with van der Waals surface area (Å²) in [6.07, 6.45) is 7.27. The zero-order valence-corrected chi connectivity index (χ0v) is 16.7. The van der Waals surface area contributed by atoms with E-state index in [1.165, 1.54) is 5.56 Å². The van der Waals surface area contributed by atoms with Crippen LogP contribution in [0.2, 0.25) is 0 Å². The number of benzene rings is 1. The van der Waals surface area contributed by atoms with Crippen molar-refractivity contribution in [3.63, 3.8) is 0 Å². The number of carbonyl (C=O) groups excluding carboxylic acids is 2. The van der Waals surface area contributed by atoms with E-state index < -0.39 is 11.1 Å². The normalized spacial score (nSPS) is 24.9. The lowest BCUT2D eigenvalue weighted by molar-refractivity contribution is -0.157. The van der Waals surface area contributed by atoms with Gasteiger partial charge >= 0.3 is 0 Å². The summed E-state index contributed by atoms with van der Waals surface area (Å²) in [5.74, 6) is -0.603. The number of nitrogens with two attached hydrogens (primary N) is 1. The standard InChI is InChI=1S/C22H33N3O3/c23-19(26)21(12-5-2-6-13-21)24-17-22(28)14-8-16-25(20(22)27)15-7-11-18-9-3-1-4-10-18/h1,3-4,9-10,24,28H,2,5-8,11-17H2,(H2,23,26). The fourth-order valence-corrected chi connectivity index (χ4v) is 4.54. The number of aryl methyl sites for hydroxylation is 1. The van der Waals surface area contributed by atoms with Gasteiger partial charge in [-0.25, -0.2) is 0 Å². The first-order valence-electron chi connectivity index (χ1n) is 10.6. The Hall–Kier alpha value is -1.92. The first-order valence-corrected chi connectivity index (χ1v) is 10.6. The fourth-order valence-electron chi connectivity index (χ4n) is 4.54. The SMILES string of the molecule is NC(=O)C1(NCC2(O)CCCN(CCCc3ccccc3)C2=O)CCCCC1. The molecule has 154 valence electrons. The number of piperidine rings is 1. The number of nitrogens with zero attached hydrogens (tertiary/aromatic N) is 1. The van der Waals surface area contributed by atoms with Gasteiger partial charge in [0.15, 0.2) is 5.60 Å². The number of rotatable bonds is 8. The maximum Gasteiger partial charge on any atom is 0.255 e. The first kappa shape index (κ1) is 20.8. The van der Waals surface area contributed by atoms with E-state index in [0.29, 0.717) is 32.4 Å². The van der Waals surface area contributed by atoms with Crippen LogP contribution >= 0.6 is 0 Å². The maximum atomic E-state index is 13.0. The third-order valence-electron chi connectivity index (χ3n) is 6.34. The van der Waals surface area contributed by atoms with E-state index in [9.17, 15) is 14.7 Å². The van der Waals surface area contributed by atoms with E-state index in [1.807, 2.05) is 18.2 Å². The molecule has 4 N–H and O–H groups in total. The minimum Gasteiger partial charge on any atom is -0.379 e. The molecule has 1 saturated heterocycles. The number of carbonyl (C=O) groups is 2. The molecule has 3 rings (SSSR count). The van der Waals surface area contributed by atoms with Crippen LogP contribution in [0.1, 0.15) is 56.9 Å². The molecule has 0 bridgehead atoms. The molecule has 1 aliphatic heterocycles. The molecule has 6 nitrogen and oxygen atoms in total. The van der Waals surface area contributed by atoms with E-state index in [2.05, 4.69) is 17.4 Å². The zero-order valence-electron chi connectivity index (χ0n) is 16.7. The molecule has 2 amide bonds. The van der Waals surface area contributed by atoms with Crippen LogP contribution in [0, 0.1) is 0 Å². The quantitative estimate of drug-likeness (QED) is 0.633. The number of hydrogen-bond donors (Lipinski definition) is 3. The van der Waals surface area contributed by atoms with E-state index in [0.717, 1.165) is 38.5 Å². The molecule has 0 aromatic heterocycles. The van der Waals surface area contributed by atoms with Crippen molar-refractivity contribution in [2.45, 2.75) is 68.9 Å². The lowest BCUT2D eigenvalue weighted by Gasteiger charge is -2.42. The van der Waals surface area contributed by atoms with Crippen LogP contribution in [-0.2, 0) is 16.0 Å². The summed E-state index contributed by atoms with van der Waals surface area (Å²) in [7, 11) is 0. The zero-order chi connectivity index (χ0) is 20.0. The molecule has 6 heteroatoms. The summed E-state index contributed by atoms with van der Waals surface area (Å²) in [6.45, 7) is 1.40. The number of nitrogens with one attached hydrogen (secondary N) is 1. The van der Waals surface area contributed by atoms with Crippen molar-refractivity contribution in [2.24, 2.45) is 5.73 Å². The van der Waals surface area contributed by atoms with Crippen molar-refractivity contribution in [3.8, 4) is 0 Å². The van der Waals surface area contributed by atoms with Gasteiger partial charge in [-0.2, -0.15) is 0 Å². The van der Waals surface area contributed by atoms with E-state index in [-0.39, 0.29) is 18.4 Å². The van der Waals surface area contributed by atoms with Gasteiger partial charge in [-0.05, 0) is 44.1 Å². The van der Waals surface area contributed by atoms with Crippen molar-refractivity contribution in [3.05, 3.63) is 35.9 Å². The summed E-state index contributed by atoms with van der Waals surface area (Å²) in [6, 6.07) is 10.2. The second-order valence-electron chi connectivity index (χ2n) is 8.38. The van der Waals surface area contributed by atoms with Gasteiger partial charge < -0.3 is 15.7 Å². The molecular formula is C22H33N3O3. The van der Waals surface area contributed by atoms with Crippen molar-refractivity contribution < 1.29 is 14.7 Å². The van der Waals surface area contributed by atoms with Crippen molar-refractivity contribution >= 4 is 11.8 Å². The molecule has 0 spiro atoms. The largest absolute Gasteiger partial charge is 0.379 e. The van der Waals surface area contributed by atoms with Gasteiger partial charge in [0.1, 0.15) is 0 Å². The lowest BCUT2D eigenvalue weighted by Crippen LogP contribution is -2.64. The van der Waals surface area contributed by atoms with Crippen LogP contribution < -0.4 is 11.1 Å². The predicted molar refractivity (Wildman–Crippen MR) is 109 cm³/mol. The third-order valence-corrected chi connectivity index (χ3v) is 6.34. The fraction of sp³-hybridized carbons (Fsp3) is 0.636. The molecular weight excluding hydrogens is 354 g/mol. The number of likely N-dealkylation sites (tertiary alicyclic amines) is 1. The highest BCUT2D eigenvalue weighted by Gasteiger charge is 2.45. The van der Waals surface area contributed by atoms with Gasteiger partial charge in [-0.3, -0.25) is 14.9 Å². The second kappa shape index (κ2) is 9.05. The van der Waals surface area contributed by atoms with Gasteiger partial charge in [0, 0.05) is 19.6 Å². The van der Waals surface area contributed by atoms with Gasteiger partial charge in [-0.15, -0.1) is 0 Å². The summed E-state index contributed by atoms with van der Waals surface area (Å²) in [5.41, 5.74) is 4.68. The number of hydrogen-bond acceptors (Lipinski definition) is 4. The Kier molecular flexibility index (Phi) is 6.73. The van der Waals surface area contributed by atoms with Crippen LogP contribution in [0.4, 0.5) is 0 Å². The first-order chi connectivity index (χ1) is 13.5. The number of primary amides is 1. The Morgan fingerprint density at radius 2 is 1.82 bits per heavy atom. The Labute approximate surface area is 167 Å². The average Bonchev–Trinajstić information content (AvgIpc) is 2.71. The molecule has 1 atom stereocenters. The second-order valence-corrected chi connectivity index (χ2v) is 8.38. The molecule has 1 aromatic carbocycles. The van der Waals surface area contributed by atoms with Gasteiger partial charge in [0.2, 0.25) is 5.91 Å². The average molecular weight is 388 g/mol. The smallest absolute Gasteiger partial charge is 0.255 e. The molecule has 1 saturated carbocycles. The highest BCUT2D eigenvalue weighted by atomic mass is 16.3. The van der Waals surface area contributed by atoms with Gasteiger partial charge in [0.05, 0.1) is 5.54 Å². The molecule has 1 aromatic rings. The van der Waals surface area contributed by atoms with Crippen LogP contribution in [0.3, 0.4) is 0 Å². The Bertz CT molecular complexity index is 673. The molecule has 0 radical (unpaired) electrons. The Morgan fingerprint density at radius 1 is 1.11 bits per heavy atom. The highest BCUT2D eigenvalue weighted by molar-refractivity contribution is 5.87. The van der Waals surface area contributed by atoms with Gasteiger partial charge in [0.25, 0.3) is 5.91 Å². The minimum atomic E-state index is -1.45. The Morgan fingerprint density at radius 3 is 2.50 bits per heavy atom. The molecule has 1 heterocycles. The third kappa shape index (κ3) is 4.73. The van der Waals surface area contributed by atoms with Crippen molar-refractivity contribution in [2.75, 3.05) is 19.6 Å². The maximum absolute atomic E-state index is 13.0. The number of aliphatic hydroxyl groups is 1. The van der Waals surface area contributed by atoms with Crippen LogP contribution in [0.5, 0.6) is 0 Å². The van der Waals surface area contributed by atoms with E-state index in [1.54, 1.807) is 4.90 Å². The Balaban J connectivity index is 1.56. The summed E-state index contributed by atoms with van der Waals surface area (Å²) in [4.78, 5) is 26.8. The van der Waals surface area contributed by atoms with E-state index >= 15 is 0 Å². The van der Waals surface area contributed by atoms with Crippen LogP contribution in [0.25, 0.3) is 0 Å². The van der Waals surface area contributed by atoms with Gasteiger partial charge in [-0.1, -0.05) is 49.6 Å². The number of amides is 2. The highest BCUT2D eigenvalue weighted by Crippen LogP contribution is 2.30. The summed E-state index contributed by atoms with van der Waals surface area (Å²) < 4.78 is 0. The minimum absolute atomic E-state index is 0.0873. The van der Waals surface area contributed by atoms with Crippen LogP contribution in [0.15, 0.2) is 30.3 Å². The monoisotopic (exact) mass is 387 g/mol. The summed E-state index contributed by atoms with van der Waals surface area (Å²) in [5, 5.41) is 14.3. The van der Waals surface area contributed by atoms with E-state index in [4.69, 9.17) is 5.73 Å². The molecule has 2 aliphatic rings. The lowest BCUT2D eigenvalue weighted by atomic mass is 9.80. The van der Waals surface area contributed by atoms with Crippen LogP contribution in [-0.4, -0.2) is 52.6 Å². The molecule has 28 heavy (non-hydrogen) atoms. The summed E-state index contributed by atoms with van der Waals surface area (Å²) >= 11 is 0. The topological polar surface area (TPSA) is 95.7 Å². The number of β-amino-alcohol motifs (C(OH)–C–C–N with tert-alkyl or cyclic N) is 1. The molecule has 1 unspecified atom stereocenters. The van der Waals surface area contributed by atoms with Crippen molar-refractivity contribution in [1.82, 2.24) is 10.2 Å². The molecule has 2 fully saturated rings. The van der Waals surface area contributed by atoms with Crippen molar-refractivity contribution in [1.29, 1.82) is 0 Å².